The van der Waals surface area contributed by atoms with Gasteiger partial charge in [-0.25, -0.2) is 8.42 Å². The van der Waals surface area contributed by atoms with E-state index < -0.39 is 8.27 Å². The molecule has 2 nitrogen and oxygen atoms in total. The van der Waals surface area contributed by atoms with Gasteiger partial charge in [-0.3, -0.25) is 0 Å². The van der Waals surface area contributed by atoms with Gasteiger partial charge >= 0.3 is 0 Å². The van der Waals surface area contributed by atoms with Crippen LogP contribution in [0.25, 0.3) is 0 Å². The summed E-state index contributed by atoms with van der Waals surface area (Å²) in [5.74, 6) is 0. The topological polar surface area (TPSA) is 34.1 Å². The fourth-order valence-electron chi connectivity index (χ4n) is 0.679. The molecular weight excluding hydrogens is 248 g/mol. The van der Waals surface area contributed by atoms with E-state index in [9.17, 15) is 8.42 Å². The van der Waals surface area contributed by atoms with Crippen LogP contribution in [0.5, 0.6) is 0 Å². The molecule has 0 fully saturated rings. The van der Waals surface area contributed by atoms with Crippen molar-refractivity contribution >= 4 is 34.4 Å². The lowest BCUT2D eigenvalue weighted by Crippen LogP contribution is -1.82. The maximum Gasteiger partial charge on any atom is 0.246 e. The first-order valence-corrected chi connectivity index (χ1v) is 7.21. The van der Waals surface area contributed by atoms with Crippen LogP contribution in [0.15, 0.2) is 16.3 Å². The number of hydrogen-bond acceptors (Lipinski definition) is 3. The quantitative estimate of drug-likeness (QED) is 0.760. The van der Waals surface area contributed by atoms with Crippen LogP contribution in [-0.2, 0) is 14.7 Å². The first-order chi connectivity index (χ1) is 5.04. The van der Waals surface area contributed by atoms with Gasteiger partial charge in [0.2, 0.25) is 8.27 Å². The summed E-state index contributed by atoms with van der Waals surface area (Å²) in [6.45, 7) is 2.00. The van der Waals surface area contributed by atoms with E-state index in [1.807, 2.05) is 13.0 Å². The molecule has 0 unspecified atom stereocenters. The highest BCUT2D eigenvalue weighted by Crippen LogP contribution is 2.25. The lowest BCUT2D eigenvalue weighted by molar-refractivity contribution is 0.613. The highest BCUT2D eigenvalue weighted by atomic mass is 79.9. The van der Waals surface area contributed by atoms with E-state index in [0.29, 0.717) is 4.21 Å². The Labute approximate surface area is 77.4 Å². The van der Waals surface area contributed by atoms with Crippen molar-refractivity contribution in [2.24, 2.45) is 0 Å². The molecule has 0 radical (unpaired) electrons. The van der Waals surface area contributed by atoms with Crippen LogP contribution in [0.2, 0.25) is 0 Å². The zero-order valence-corrected chi connectivity index (χ0v) is 9.09. The number of hydrogen-bond donors (Lipinski definition) is 0. The van der Waals surface area contributed by atoms with Crippen molar-refractivity contribution in [2.45, 2.75) is 17.6 Å². The summed E-state index contributed by atoms with van der Waals surface area (Å²) in [6.07, 6.45) is 0.882. The Morgan fingerprint density at radius 3 is 2.45 bits per heavy atom. The summed E-state index contributed by atoms with van der Waals surface area (Å²) in [4.78, 5) is 1.09. The molecule has 0 aromatic carbocycles. The molecule has 0 bridgehead atoms. The molecule has 62 valence electrons. The van der Waals surface area contributed by atoms with Gasteiger partial charge in [0.15, 0.2) is 0 Å². The monoisotopic (exact) mass is 254 g/mol. The standard InChI is InChI=1S/C6H7BrO2S2/c1-2-5-3-4-6(10-5)11(7,8)9/h3-4H,2H2,1H3. The van der Waals surface area contributed by atoms with E-state index in [4.69, 9.17) is 0 Å². The van der Waals surface area contributed by atoms with E-state index in [0.717, 1.165) is 11.3 Å². The van der Waals surface area contributed by atoms with E-state index >= 15 is 0 Å². The summed E-state index contributed by atoms with van der Waals surface area (Å²) in [5.41, 5.74) is 0. The molecule has 0 N–H and O–H groups in total. The zero-order valence-electron chi connectivity index (χ0n) is 5.87. The maximum absolute atomic E-state index is 10.9. The van der Waals surface area contributed by atoms with Crippen molar-refractivity contribution < 1.29 is 8.42 Å². The van der Waals surface area contributed by atoms with Crippen LogP contribution in [0.1, 0.15) is 11.8 Å². The molecule has 1 heterocycles. The van der Waals surface area contributed by atoms with E-state index in [1.54, 1.807) is 6.07 Å². The van der Waals surface area contributed by atoms with E-state index in [-0.39, 0.29) is 0 Å². The molecule has 1 aromatic heterocycles. The van der Waals surface area contributed by atoms with Gasteiger partial charge in [-0.15, -0.1) is 11.3 Å². The normalized spacial score (nSPS) is 11.8. The average Bonchev–Trinajstić information content (AvgIpc) is 2.32. The first-order valence-electron chi connectivity index (χ1n) is 3.07. The number of rotatable bonds is 2. The molecule has 0 aliphatic rings. The van der Waals surface area contributed by atoms with Gasteiger partial charge in [0.1, 0.15) is 4.21 Å². The molecule has 0 amide bonds. The highest BCUT2D eigenvalue weighted by Gasteiger charge is 2.11. The van der Waals surface area contributed by atoms with Crippen molar-refractivity contribution in [1.29, 1.82) is 0 Å². The van der Waals surface area contributed by atoms with E-state index in [1.165, 1.54) is 11.3 Å². The Morgan fingerprint density at radius 1 is 1.55 bits per heavy atom. The smallest absolute Gasteiger partial charge is 0.211 e. The third-order valence-electron chi connectivity index (χ3n) is 1.23. The second-order valence-corrected chi connectivity index (χ2v) is 7.31. The molecule has 1 aromatic rings. The average molecular weight is 255 g/mol. The predicted octanol–water partition coefficient (Wildman–Crippen LogP) is 2.39. The third kappa shape index (κ3) is 2.28. The first kappa shape index (κ1) is 9.22. The SMILES string of the molecule is CCc1ccc(S(=O)(=O)Br)s1. The molecule has 0 aliphatic carbocycles. The summed E-state index contributed by atoms with van der Waals surface area (Å²) in [5, 5.41) is 0. The van der Waals surface area contributed by atoms with Crippen LogP contribution >= 0.6 is 26.1 Å². The molecule has 0 saturated heterocycles. The molecule has 5 heteroatoms. The summed E-state index contributed by atoms with van der Waals surface area (Å²) in [7, 11) is -3.16. The van der Waals surface area contributed by atoms with Crippen LogP contribution in [0, 0.1) is 0 Å². The minimum atomic E-state index is -3.16. The number of aryl methyl sites for hydroxylation is 1. The third-order valence-corrected chi connectivity index (χ3v) is 5.46. The van der Waals surface area contributed by atoms with Crippen molar-refractivity contribution in [3.05, 3.63) is 17.0 Å². The second kappa shape index (κ2) is 3.25. The summed E-state index contributed by atoms with van der Waals surface area (Å²) >= 11 is 3.92. The van der Waals surface area contributed by atoms with Gasteiger partial charge in [0, 0.05) is 4.88 Å². The Morgan fingerprint density at radius 2 is 2.18 bits per heavy atom. The Bertz CT molecular complexity index is 339. The Balaban J connectivity index is 3.09. The van der Waals surface area contributed by atoms with Crippen LogP contribution in [-0.4, -0.2) is 8.42 Å². The van der Waals surface area contributed by atoms with Crippen molar-refractivity contribution in [2.75, 3.05) is 0 Å². The Hall–Kier alpha value is 0.130. The maximum atomic E-state index is 10.9. The van der Waals surface area contributed by atoms with E-state index in [2.05, 4.69) is 14.8 Å². The lowest BCUT2D eigenvalue weighted by atomic mass is 10.4. The van der Waals surface area contributed by atoms with Gasteiger partial charge in [0.05, 0.1) is 14.8 Å². The fraction of sp³-hybridized carbons (Fsp3) is 0.333. The zero-order chi connectivity index (χ0) is 8.48. The highest BCUT2D eigenvalue weighted by molar-refractivity contribution is 9.47. The van der Waals surface area contributed by atoms with Crippen molar-refractivity contribution in [1.82, 2.24) is 0 Å². The summed E-state index contributed by atoms with van der Waals surface area (Å²) < 4.78 is 22.2. The Kier molecular flexibility index (Phi) is 2.72. The van der Waals surface area contributed by atoms with Gasteiger partial charge in [0.25, 0.3) is 0 Å². The van der Waals surface area contributed by atoms with Gasteiger partial charge in [-0.1, -0.05) is 6.92 Å². The second-order valence-electron chi connectivity index (χ2n) is 2.01. The summed E-state index contributed by atoms with van der Waals surface area (Å²) in [6, 6.07) is 3.45. The molecule has 0 atom stereocenters. The number of halogens is 1. The van der Waals surface area contributed by atoms with Crippen LogP contribution in [0.3, 0.4) is 0 Å². The van der Waals surface area contributed by atoms with Gasteiger partial charge in [-0.2, -0.15) is 0 Å². The minimum Gasteiger partial charge on any atom is -0.211 e. The molecule has 0 spiro atoms. The lowest BCUT2D eigenvalue weighted by Gasteiger charge is -1.86. The van der Waals surface area contributed by atoms with Crippen LogP contribution < -0.4 is 0 Å². The fourth-order valence-corrected chi connectivity index (χ4v) is 3.22. The molecular formula is C6H7BrO2S2. The number of thiophene rings is 1. The van der Waals surface area contributed by atoms with Gasteiger partial charge in [-0.05, 0) is 18.6 Å². The van der Waals surface area contributed by atoms with Crippen molar-refractivity contribution in [3.63, 3.8) is 0 Å². The largest absolute Gasteiger partial charge is 0.246 e. The molecule has 0 aliphatic heterocycles. The molecule has 11 heavy (non-hydrogen) atoms. The van der Waals surface area contributed by atoms with Crippen molar-refractivity contribution in [3.8, 4) is 0 Å². The van der Waals surface area contributed by atoms with Gasteiger partial charge < -0.3 is 0 Å². The predicted molar refractivity (Wildman–Crippen MR) is 49.8 cm³/mol. The minimum absolute atomic E-state index is 0.384. The van der Waals surface area contributed by atoms with Crippen LogP contribution in [0.4, 0.5) is 0 Å². The molecule has 0 saturated carbocycles. The molecule has 1 rings (SSSR count).